The number of nitrogens with one attached hydrogen (secondary N) is 1. The molecule has 0 amide bonds. The fourth-order valence-corrected chi connectivity index (χ4v) is 4.82. The van der Waals surface area contributed by atoms with E-state index in [1.807, 2.05) is 49.4 Å². The Morgan fingerprint density at radius 2 is 1.70 bits per heavy atom. The van der Waals surface area contributed by atoms with Gasteiger partial charge >= 0.3 is 0 Å². The third kappa shape index (κ3) is 4.50. The summed E-state index contributed by atoms with van der Waals surface area (Å²) in [7, 11) is -1.91. The highest BCUT2D eigenvalue weighted by Crippen LogP contribution is 2.26. The Morgan fingerprint density at radius 3 is 2.33 bits per heavy atom. The van der Waals surface area contributed by atoms with Crippen LogP contribution in [-0.2, 0) is 14.8 Å². The molecular weight excluding hydrogens is 396 g/mol. The molecule has 0 aromatic heterocycles. The molecule has 1 saturated heterocycles. The third-order valence-electron chi connectivity index (χ3n) is 5.48. The van der Waals surface area contributed by atoms with Gasteiger partial charge in [-0.3, -0.25) is 4.72 Å². The monoisotopic (exact) mass is 422 g/mol. The van der Waals surface area contributed by atoms with Crippen molar-refractivity contribution in [2.75, 3.05) is 29.8 Å². The highest BCUT2D eigenvalue weighted by molar-refractivity contribution is 7.92. The molecule has 4 rings (SSSR count). The summed E-state index contributed by atoms with van der Waals surface area (Å²) in [6.45, 7) is 3.84. The standard InChI is InChI=1S/C24H26N2O3S/c1-18-4-3-5-20(16-18)19-6-12-24(13-7-19)30(27,28)25-21-8-10-22(11-9-21)26-15-14-23(17-26)29-2/h3-13,16,23,25H,14-15,17H2,1-2H3. The van der Waals surface area contributed by atoms with Gasteiger partial charge in [-0.15, -0.1) is 0 Å². The number of methoxy groups -OCH3 is 1. The SMILES string of the molecule is COC1CCN(c2ccc(NS(=O)(=O)c3ccc(-c4cccc(C)c4)cc3)cc2)C1. The quantitative estimate of drug-likeness (QED) is 0.626. The van der Waals surface area contributed by atoms with Crippen LogP contribution in [0.3, 0.4) is 0 Å². The number of nitrogens with zero attached hydrogens (tertiary/aromatic N) is 1. The van der Waals surface area contributed by atoms with Gasteiger partial charge in [-0.2, -0.15) is 0 Å². The van der Waals surface area contributed by atoms with Crippen molar-refractivity contribution in [3.8, 4) is 11.1 Å². The minimum absolute atomic E-state index is 0.241. The van der Waals surface area contributed by atoms with E-state index in [1.165, 1.54) is 5.56 Å². The number of benzene rings is 3. The molecule has 0 aliphatic carbocycles. The number of sulfonamides is 1. The average Bonchev–Trinajstić information content (AvgIpc) is 3.23. The van der Waals surface area contributed by atoms with Gasteiger partial charge in [0.25, 0.3) is 10.0 Å². The second kappa shape index (κ2) is 8.50. The Labute approximate surface area is 178 Å². The van der Waals surface area contributed by atoms with Crippen molar-refractivity contribution >= 4 is 21.4 Å². The van der Waals surface area contributed by atoms with Gasteiger partial charge in [-0.05, 0) is 60.9 Å². The Kier molecular flexibility index (Phi) is 5.79. The Morgan fingerprint density at radius 1 is 0.967 bits per heavy atom. The van der Waals surface area contributed by atoms with Crippen molar-refractivity contribution < 1.29 is 13.2 Å². The number of aryl methyl sites for hydroxylation is 1. The molecule has 156 valence electrons. The molecule has 0 saturated carbocycles. The van der Waals surface area contributed by atoms with Crippen molar-refractivity contribution in [3.05, 3.63) is 78.4 Å². The molecule has 1 aliphatic heterocycles. The van der Waals surface area contributed by atoms with Crippen LogP contribution in [0, 0.1) is 6.92 Å². The average molecular weight is 423 g/mol. The van der Waals surface area contributed by atoms with Crippen molar-refractivity contribution in [3.63, 3.8) is 0 Å². The molecule has 6 heteroatoms. The maximum atomic E-state index is 12.8. The Bertz CT molecular complexity index is 1110. The zero-order chi connectivity index (χ0) is 21.1. The summed E-state index contributed by atoms with van der Waals surface area (Å²) in [5.74, 6) is 0. The van der Waals surface area contributed by atoms with E-state index in [9.17, 15) is 8.42 Å². The van der Waals surface area contributed by atoms with Crippen LogP contribution >= 0.6 is 0 Å². The first-order valence-electron chi connectivity index (χ1n) is 10.0. The van der Waals surface area contributed by atoms with Crippen molar-refractivity contribution in [1.82, 2.24) is 0 Å². The number of ether oxygens (including phenoxy) is 1. The molecule has 0 bridgehead atoms. The molecular formula is C24H26N2O3S. The molecule has 3 aromatic rings. The lowest BCUT2D eigenvalue weighted by atomic mass is 10.0. The predicted molar refractivity (Wildman–Crippen MR) is 121 cm³/mol. The van der Waals surface area contributed by atoms with Crippen LogP contribution < -0.4 is 9.62 Å². The lowest BCUT2D eigenvalue weighted by molar-refractivity contribution is 0.121. The van der Waals surface area contributed by atoms with Crippen LogP contribution in [0.4, 0.5) is 11.4 Å². The Hall–Kier alpha value is -2.83. The van der Waals surface area contributed by atoms with Crippen molar-refractivity contribution in [2.24, 2.45) is 0 Å². The highest BCUT2D eigenvalue weighted by Gasteiger charge is 2.22. The maximum Gasteiger partial charge on any atom is 0.261 e. The zero-order valence-corrected chi connectivity index (χ0v) is 18.0. The number of hydrogen-bond donors (Lipinski definition) is 1. The lowest BCUT2D eigenvalue weighted by Crippen LogP contribution is -2.22. The Balaban J connectivity index is 1.46. The van der Waals surface area contributed by atoms with E-state index in [2.05, 4.69) is 15.7 Å². The molecule has 30 heavy (non-hydrogen) atoms. The van der Waals surface area contributed by atoms with Crippen LogP contribution in [0.25, 0.3) is 11.1 Å². The first kappa shape index (κ1) is 20.4. The van der Waals surface area contributed by atoms with E-state index >= 15 is 0 Å². The third-order valence-corrected chi connectivity index (χ3v) is 6.88. The van der Waals surface area contributed by atoms with Crippen LogP contribution in [0.1, 0.15) is 12.0 Å². The summed E-state index contributed by atoms with van der Waals surface area (Å²) in [5, 5.41) is 0. The summed E-state index contributed by atoms with van der Waals surface area (Å²) in [4.78, 5) is 2.49. The van der Waals surface area contributed by atoms with Crippen molar-refractivity contribution in [1.29, 1.82) is 0 Å². The lowest BCUT2D eigenvalue weighted by Gasteiger charge is -2.19. The molecule has 1 heterocycles. The van der Waals surface area contributed by atoms with E-state index in [0.29, 0.717) is 5.69 Å². The minimum Gasteiger partial charge on any atom is -0.380 e. The van der Waals surface area contributed by atoms with Crippen LogP contribution in [0.2, 0.25) is 0 Å². The maximum absolute atomic E-state index is 12.8. The second-order valence-corrected chi connectivity index (χ2v) is 9.32. The van der Waals surface area contributed by atoms with E-state index < -0.39 is 10.0 Å². The second-order valence-electron chi connectivity index (χ2n) is 7.64. The van der Waals surface area contributed by atoms with Crippen LogP contribution in [0.15, 0.2) is 77.7 Å². The van der Waals surface area contributed by atoms with Gasteiger partial charge in [0, 0.05) is 31.6 Å². The minimum atomic E-state index is -3.65. The highest BCUT2D eigenvalue weighted by atomic mass is 32.2. The van der Waals surface area contributed by atoms with E-state index in [-0.39, 0.29) is 11.0 Å². The summed E-state index contributed by atoms with van der Waals surface area (Å²) in [6.07, 6.45) is 1.26. The largest absolute Gasteiger partial charge is 0.380 e. The molecule has 1 unspecified atom stereocenters. The van der Waals surface area contributed by atoms with Gasteiger partial charge in [-0.1, -0.05) is 42.0 Å². The smallest absolute Gasteiger partial charge is 0.261 e. The summed E-state index contributed by atoms with van der Waals surface area (Å²) < 4.78 is 33.7. The normalized spacial score (nSPS) is 16.6. The molecule has 5 nitrogen and oxygen atoms in total. The van der Waals surface area contributed by atoms with Gasteiger partial charge in [-0.25, -0.2) is 8.42 Å². The van der Waals surface area contributed by atoms with Gasteiger partial charge in [0.05, 0.1) is 11.0 Å². The fraction of sp³-hybridized carbons (Fsp3) is 0.250. The number of hydrogen-bond acceptors (Lipinski definition) is 4. The molecule has 1 fully saturated rings. The summed E-state index contributed by atoms with van der Waals surface area (Å²) in [6, 6.07) is 22.6. The predicted octanol–water partition coefficient (Wildman–Crippen LogP) is 4.69. The summed E-state index contributed by atoms with van der Waals surface area (Å²) >= 11 is 0. The molecule has 1 atom stereocenters. The zero-order valence-electron chi connectivity index (χ0n) is 17.2. The van der Waals surface area contributed by atoms with Gasteiger partial charge in [0.1, 0.15) is 0 Å². The topological polar surface area (TPSA) is 58.6 Å². The van der Waals surface area contributed by atoms with E-state index in [1.54, 1.807) is 31.4 Å². The molecule has 0 spiro atoms. The van der Waals surface area contributed by atoms with Gasteiger partial charge in [0.2, 0.25) is 0 Å². The molecule has 1 aliphatic rings. The number of anilines is 2. The van der Waals surface area contributed by atoms with E-state index in [4.69, 9.17) is 4.74 Å². The number of rotatable bonds is 6. The van der Waals surface area contributed by atoms with Gasteiger partial charge in [0.15, 0.2) is 0 Å². The van der Waals surface area contributed by atoms with Crippen molar-refractivity contribution in [2.45, 2.75) is 24.3 Å². The fourth-order valence-electron chi connectivity index (χ4n) is 3.76. The first-order chi connectivity index (χ1) is 14.4. The first-order valence-corrected chi connectivity index (χ1v) is 11.5. The molecule has 1 N–H and O–H groups in total. The van der Waals surface area contributed by atoms with Crippen LogP contribution in [-0.4, -0.2) is 34.7 Å². The van der Waals surface area contributed by atoms with E-state index in [0.717, 1.165) is 36.3 Å². The van der Waals surface area contributed by atoms with Gasteiger partial charge < -0.3 is 9.64 Å². The molecule has 0 radical (unpaired) electrons. The summed E-state index contributed by atoms with van der Waals surface area (Å²) in [5.41, 5.74) is 4.84. The van der Waals surface area contributed by atoms with Crippen LogP contribution in [0.5, 0.6) is 0 Å². The molecule has 3 aromatic carbocycles.